The molecule has 0 aromatic heterocycles. The quantitative estimate of drug-likeness (QED) is 0.662. The van der Waals surface area contributed by atoms with Gasteiger partial charge >= 0.3 is 5.97 Å². The van der Waals surface area contributed by atoms with E-state index in [0.717, 1.165) is 24.8 Å². The van der Waals surface area contributed by atoms with Crippen molar-refractivity contribution in [3.8, 4) is 5.75 Å². The molecule has 0 radical (unpaired) electrons. The molecule has 2 atom stereocenters. The molecule has 0 spiro atoms. The van der Waals surface area contributed by atoms with Crippen molar-refractivity contribution in [3.63, 3.8) is 0 Å². The molecule has 0 heterocycles. The Balaban J connectivity index is 2.17. The highest BCUT2D eigenvalue weighted by Gasteiger charge is 2.19. The van der Waals surface area contributed by atoms with Gasteiger partial charge in [-0.05, 0) is 49.0 Å². The second kappa shape index (κ2) is 5.91. The molecule has 0 aliphatic heterocycles. The predicted molar refractivity (Wildman–Crippen MR) is 74.4 cm³/mol. The molecular weight excluding hydrogens is 240 g/mol. The van der Waals surface area contributed by atoms with Gasteiger partial charge in [0.05, 0.1) is 0 Å². The fraction of sp³-hybridized carbons (Fsp3) is 0.438. The van der Waals surface area contributed by atoms with Crippen LogP contribution in [0, 0.1) is 0 Å². The van der Waals surface area contributed by atoms with Crippen LogP contribution in [0.3, 0.4) is 0 Å². The molecule has 102 valence electrons. The Morgan fingerprint density at radius 2 is 2.32 bits per heavy atom. The van der Waals surface area contributed by atoms with Crippen LogP contribution in [0.2, 0.25) is 0 Å². The van der Waals surface area contributed by atoms with Crippen LogP contribution in [0.5, 0.6) is 5.75 Å². The average molecular weight is 260 g/mol. The molecule has 2 unspecified atom stereocenters. The Labute approximate surface area is 113 Å². The van der Waals surface area contributed by atoms with Crippen molar-refractivity contribution in [2.24, 2.45) is 0 Å². The fourth-order valence-electron chi connectivity index (χ4n) is 2.16. The predicted octanol–water partition coefficient (Wildman–Crippen LogP) is 3.78. The van der Waals surface area contributed by atoms with E-state index in [-0.39, 0.29) is 17.4 Å². The number of phenols is 1. The first-order chi connectivity index (χ1) is 9.11. The molecule has 1 N–H and O–H groups in total. The standard InChI is InChI=1S/C16H20O3/c1-3-11(2)12-8-9-15(17)14(10-12)16(18)19-13-6-4-5-7-13/h4,6,8-11,13,17H,3,5,7H2,1-2H3. The van der Waals surface area contributed by atoms with Gasteiger partial charge in [-0.3, -0.25) is 0 Å². The zero-order chi connectivity index (χ0) is 13.8. The molecule has 0 saturated carbocycles. The number of aromatic hydroxyl groups is 1. The molecule has 3 heteroatoms. The molecule has 0 fully saturated rings. The van der Waals surface area contributed by atoms with Crippen molar-refractivity contribution in [1.29, 1.82) is 0 Å². The summed E-state index contributed by atoms with van der Waals surface area (Å²) in [5.41, 5.74) is 1.31. The van der Waals surface area contributed by atoms with Gasteiger partial charge < -0.3 is 9.84 Å². The third kappa shape index (κ3) is 3.16. The maximum Gasteiger partial charge on any atom is 0.342 e. The number of rotatable bonds is 4. The summed E-state index contributed by atoms with van der Waals surface area (Å²) >= 11 is 0. The summed E-state index contributed by atoms with van der Waals surface area (Å²) < 4.78 is 5.36. The Bertz CT molecular complexity index is 491. The molecule has 0 bridgehead atoms. The zero-order valence-corrected chi connectivity index (χ0v) is 11.4. The van der Waals surface area contributed by atoms with E-state index in [4.69, 9.17) is 4.74 Å². The van der Waals surface area contributed by atoms with E-state index < -0.39 is 5.97 Å². The highest BCUT2D eigenvalue weighted by Crippen LogP contribution is 2.26. The van der Waals surface area contributed by atoms with Crippen molar-refractivity contribution in [2.45, 2.75) is 45.1 Å². The van der Waals surface area contributed by atoms with E-state index in [0.29, 0.717) is 5.92 Å². The number of esters is 1. The van der Waals surface area contributed by atoms with Gasteiger partial charge in [-0.15, -0.1) is 0 Å². The van der Waals surface area contributed by atoms with Crippen LogP contribution in [-0.4, -0.2) is 17.2 Å². The summed E-state index contributed by atoms with van der Waals surface area (Å²) in [5.74, 6) is -0.100. The van der Waals surface area contributed by atoms with E-state index >= 15 is 0 Å². The summed E-state index contributed by atoms with van der Waals surface area (Å²) in [6, 6.07) is 5.17. The highest BCUT2D eigenvalue weighted by molar-refractivity contribution is 5.92. The molecule has 19 heavy (non-hydrogen) atoms. The summed E-state index contributed by atoms with van der Waals surface area (Å²) in [6.07, 6.45) is 6.51. The van der Waals surface area contributed by atoms with Crippen LogP contribution >= 0.6 is 0 Å². The summed E-state index contributed by atoms with van der Waals surface area (Å²) in [6.45, 7) is 4.19. The lowest BCUT2D eigenvalue weighted by Crippen LogP contribution is -2.14. The molecule has 0 amide bonds. The lowest BCUT2D eigenvalue weighted by Gasteiger charge is -2.14. The van der Waals surface area contributed by atoms with Crippen LogP contribution in [0.1, 0.15) is 54.9 Å². The monoisotopic (exact) mass is 260 g/mol. The number of ether oxygens (including phenoxy) is 1. The van der Waals surface area contributed by atoms with E-state index in [2.05, 4.69) is 13.8 Å². The summed E-state index contributed by atoms with van der Waals surface area (Å²) in [5, 5.41) is 9.81. The Morgan fingerprint density at radius 1 is 1.53 bits per heavy atom. The molecule has 3 nitrogen and oxygen atoms in total. The SMILES string of the molecule is CCC(C)c1ccc(O)c(C(=O)OC2C=CCC2)c1. The van der Waals surface area contributed by atoms with Gasteiger partial charge in [0.2, 0.25) is 0 Å². The van der Waals surface area contributed by atoms with Gasteiger partial charge in [0.1, 0.15) is 17.4 Å². The normalized spacial score (nSPS) is 19.4. The van der Waals surface area contributed by atoms with E-state index in [1.807, 2.05) is 18.2 Å². The summed E-state index contributed by atoms with van der Waals surface area (Å²) in [7, 11) is 0. The minimum absolute atomic E-state index is 0.0148. The van der Waals surface area contributed by atoms with Crippen LogP contribution in [0.4, 0.5) is 0 Å². The molecule has 1 aromatic carbocycles. The third-order valence-electron chi connectivity index (χ3n) is 3.65. The van der Waals surface area contributed by atoms with E-state index in [1.165, 1.54) is 0 Å². The van der Waals surface area contributed by atoms with Gasteiger partial charge in [-0.25, -0.2) is 4.79 Å². The van der Waals surface area contributed by atoms with Gasteiger partial charge in [0.25, 0.3) is 0 Å². The first-order valence-electron chi connectivity index (χ1n) is 6.82. The van der Waals surface area contributed by atoms with Crippen molar-refractivity contribution in [3.05, 3.63) is 41.5 Å². The first kappa shape index (κ1) is 13.7. The Hall–Kier alpha value is -1.77. The lowest BCUT2D eigenvalue weighted by molar-refractivity contribution is 0.0392. The molecule has 1 aromatic rings. The van der Waals surface area contributed by atoms with Gasteiger partial charge in [-0.1, -0.05) is 26.0 Å². The van der Waals surface area contributed by atoms with Crippen molar-refractivity contribution < 1.29 is 14.6 Å². The molecule has 0 saturated heterocycles. The number of carbonyl (C=O) groups excluding carboxylic acids is 1. The minimum Gasteiger partial charge on any atom is -0.507 e. The van der Waals surface area contributed by atoms with Crippen LogP contribution < -0.4 is 0 Å². The highest BCUT2D eigenvalue weighted by atomic mass is 16.5. The number of benzene rings is 1. The minimum atomic E-state index is -0.445. The van der Waals surface area contributed by atoms with Crippen molar-refractivity contribution in [2.75, 3.05) is 0 Å². The number of hydrogen-bond donors (Lipinski definition) is 1. The Morgan fingerprint density at radius 3 is 2.95 bits per heavy atom. The number of allylic oxidation sites excluding steroid dienone is 1. The van der Waals surface area contributed by atoms with Gasteiger partial charge in [0, 0.05) is 0 Å². The largest absolute Gasteiger partial charge is 0.507 e. The maximum atomic E-state index is 12.1. The van der Waals surface area contributed by atoms with Gasteiger partial charge in [0.15, 0.2) is 0 Å². The number of carbonyl (C=O) groups is 1. The summed E-state index contributed by atoms with van der Waals surface area (Å²) in [4.78, 5) is 12.1. The van der Waals surface area contributed by atoms with Crippen LogP contribution in [0.25, 0.3) is 0 Å². The Kier molecular flexibility index (Phi) is 4.25. The number of hydrogen-bond acceptors (Lipinski definition) is 3. The maximum absolute atomic E-state index is 12.1. The molecular formula is C16H20O3. The first-order valence-corrected chi connectivity index (χ1v) is 6.82. The van der Waals surface area contributed by atoms with E-state index in [9.17, 15) is 9.90 Å². The van der Waals surface area contributed by atoms with Crippen LogP contribution in [-0.2, 0) is 4.74 Å². The second-order valence-electron chi connectivity index (χ2n) is 5.04. The lowest BCUT2D eigenvalue weighted by atomic mass is 9.96. The molecule has 1 aliphatic carbocycles. The molecule has 1 aliphatic rings. The number of phenolic OH excluding ortho intramolecular Hbond substituents is 1. The zero-order valence-electron chi connectivity index (χ0n) is 11.4. The fourth-order valence-corrected chi connectivity index (χ4v) is 2.16. The smallest absolute Gasteiger partial charge is 0.342 e. The average Bonchev–Trinajstić information content (AvgIpc) is 2.91. The second-order valence-corrected chi connectivity index (χ2v) is 5.04. The van der Waals surface area contributed by atoms with E-state index in [1.54, 1.807) is 12.1 Å². The van der Waals surface area contributed by atoms with Crippen molar-refractivity contribution in [1.82, 2.24) is 0 Å². The van der Waals surface area contributed by atoms with Crippen LogP contribution in [0.15, 0.2) is 30.4 Å². The topological polar surface area (TPSA) is 46.5 Å². The third-order valence-corrected chi connectivity index (χ3v) is 3.65. The molecule has 2 rings (SSSR count). The van der Waals surface area contributed by atoms with Crippen molar-refractivity contribution >= 4 is 5.97 Å². The van der Waals surface area contributed by atoms with Gasteiger partial charge in [-0.2, -0.15) is 0 Å².